The second-order valence-corrected chi connectivity index (χ2v) is 5.05. The van der Waals surface area contributed by atoms with E-state index in [1.165, 1.54) is 6.07 Å². The molecule has 0 aliphatic carbocycles. The van der Waals surface area contributed by atoms with Crippen LogP contribution in [-0.4, -0.2) is 29.2 Å². The molecule has 0 aliphatic rings. The van der Waals surface area contributed by atoms with Crippen LogP contribution in [0.3, 0.4) is 0 Å². The van der Waals surface area contributed by atoms with E-state index in [0.29, 0.717) is 37.1 Å². The second kappa shape index (κ2) is 9.13. The highest BCUT2D eigenvalue weighted by atomic mass is 19.1. The van der Waals surface area contributed by atoms with Crippen LogP contribution in [0.1, 0.15) is 37.8 Å². The van der Waals surface area contributed by atoms with E-state index >= 15 is 0 Å². The Balaban J connectivity index is 2.80. The van der Waals surface area contributed by atoms with Crippen LogP contribution in [0.4, 0.5) is 4.39 Å². The molecule has 1 N–H and O–H groups in total. The Morgan fingerprint density at radius 1 is 1.33 bits per heavy atom. The third-order valence-corrected chi connectivity index (χ3v) is 3.14. The lowest BCUT2D eigenvalue weighted by atomic mass is 10.1. The number of nitrogens with zero attached hydrogens (tertiary/aromatic N) is 2. The molecule has 21 heavy (non-hydrogen) atoms. The van der Waals surface area contributed by atoms with Crippen LogP contribution in [0.2, 0.25) is 0 Å². The number of nitriles is 1. The van der Waals surface area contributed by atoms with Gasteiger partial charge in [-0.15, -0.1) is 0 Å². The Labute approximate surface area is 126 Å². The minimum atomic E-state index is -0.284. The molecule has 112 valence electrons. The number of halogens is 1. The van der Waals surface area contributed by atoms with E-state index < -0.39 is 0 Å². The number of hydrogen-bond donors (Lipinski definition) is 1. The maximum atomic E-state index is 14.1. The smallest absolute Gasteiger partial charge is 0.128 e. The molecule has 1 rings (SSSR count). The summed E-state index contributed by atoms with van der Waals surface area (Å²) >= 11 is 0. The average Bonchev–Trinajstić information content (AvgIpc) is 2.45. The van der Waals surface area contributed by atoms with Crippen LogP contribution in [0.5, 0.6) is 0 Å². The topological polar surface area (TPSA) is 47.3 Å². The summed E-state index contributed by atoms with van der Waals surface area (Å²) in [5.41, 5.74) is 1.21. The van der Waals surface area contributed by atoms with Crippen molar-refractivity contribution in [3.05, 3.63) is 35.1 Å². The van der Waals surface area contributed by atoms with Gasteiger partial charge in [0.2, 0.25) is 0 Å². The van der Waals surface area contributed by atoms with Crippen molar-refractivity contribution < 1.29 is 9.50 Å². The van der Waals surface area contributed by atoms with E-state index in [1.807, 2.05) is 13.8 Å². The Morgan fingerprint density at radius 2 is 2.10 bits per heavy atom. The number of benzene rings is 1. The zero-order valence-corrected chi connectivity index (χ0v) is 12.6. The van der Waals surface area contributed by atoms with Gasteiger partial charge in [-0.1, -0.05) is 17.9 Å². The van der Waals surface area contributed by atoms with Crippen LogP contribution in [-0.2, 0) is 6.54 Å². The molecule has 0 unspecified atom stereocenters. The fourth-order valence-corrected chi connectivity index (χ4v) is 1.91. The SMILES string of the molecule is CC(C)N(CCC#N)Cc1ccc(C#CCCO)cc1F. The average molecular weight is 288 g/mol. The van der Waals surface area contributed by atoms with Gasteiger partial charge < -0.3 is 5.11 Å². The Hall–Kier alpha value is -1.88. The van der Waals surface area contributed by atoms with Crippen LogP contribution >= 0.6 is 0 Å². The third kappa shape index (κ3) is 5.95. The van der Waals surface area contributed by atoms with E-state index in [9.17, 15) is 4.39 Å². The van der Waals surface area contributed by atoms with Crippen LogP contribution < -0.4 is 0 Å². The molecule has 4 heteroatoms. The number of aliphatic hydroxyl groups excluding tert-OH is 1. The minimum absolute atomic E-state index is 0.00973. The fourth-order valence-electron chi connectivity index (χ4n) is 1.91. The molecule has 0 radical (unpaired) electrons. The molecule has 0 amide bonds. The van der Waals surface area contributed by atoms with E-state index in [1.54, 1.807) is 12.1 Å². The summed E-state index contributed by atoms with van der Waals surface area (Å²) in [6, 6.07) is 7.31. The first kappa shape index (κ1) is 17.2. The standard InChI is InChI=1S/C17H21FN2O/c1-14(2)20(10-5-9-19)13-16-8-7-15(12-17(16)18)6-3-4-11-21/h7-8,12,14,21H,4-5,10-11,13H2,1-2H3. The number of aliphatic hydroxyl groups is 1. The first-order chi connectivity index (χ1) is 10.1. The molecular weight excluding hydrogens is 267 g/mol. The lowest BCUT2D eigenvalue weighted by molar-refractivity contribution is 0.215. The molecule has 0 saturated heterocycles. The molecule has 0 heterocycles. The molecule has 0 aromatic heterocycles. The maximum Gasteiger partial charge on any atom is 0.128 e. The fraction of sp³-hybridized carbons (Fsp3) is 0.471. The van der Waals surface area contributed by atoms with Gasteiger partial charge in [-0.2, -0.15) is 5.26 Å². The van der Waals surface area contributed by atoms with Gasteiger partial charge in [0.15, 0.2) is 0 Å². The summed E-state index contributed by atoms with van der Waals surface area (Å²) in [5.74, 6) is 5.31. The zero-order valence-electron chi connectivity index (χ0n) is 12.6. The first-order valence-corrected chi connectivity index (χ1v) is 7.07. The summed E-state index contributed by atoms with van der Waals surface area (Å²) < 4.78 is 14.1. The van der Waals surface area contributed by atoms with Crippen molar-refractivity contribution >= 4 is 0 Å². The van der Waals surface area contributed by atoms with Crippen LogP contribution in [0, 0.1) is 29.0 Å². The van der Waals surface area contributed by atoms with Gasteiger partial charge in [0, 0.05) is 43.1 Å². The Bertz CT molecular complexity index is 552. The van der Waals surface area contributed by atoms with Gasteiger partial charge in [-0.05, 0) is 26.0 Å². The van der Waals surface area contributed by atoms with Gasteiger partial charge in [0.05, 0.1) is 12.7 Å². The van der Waals surface area contributed by atoms with Crippen molar-refractivity contribution in [1.82, 2.24) is 4.90 Å². The first-order valence-electron chi connectivity index (χ1n) is 7.07. The molecule has 1 aromatic carbocycles. The number of rotatable bonds is 6. The third-order valence-electron chi connectivity index (χ3n) is 3.14. The van der Waals surface area contributed by atoms with Crippen LogP contribution in [0.15, 0.2) is 18.2 Å². The maximum absolute atomic E-state index is 14.1. The summed E-state index contributed by atoms with van der Waals surface area (Å²) in [7, 11) is 0. The lowest BCUT2D eigenvalue weighted by Crippen LogP contribution is -2.31. The Morgan fingerprint density at radius 3 is 2.67 bits per heavy atom. The lowest BCUT2D eigenvalue weighted by Gasteiger charge is -2.25. The Kier molecular flexibility index (Phi) is 7.46. The highest BCUT2D eigenvalue weighted by Gasteiger charge is 2.12. The predicted octanol–water partition coefficient (Wildman–Crippen LogP) is 2.68. The number of hydrogen-bond acceptors (Lipinski definition) is 3. The molecule has 0 bridgehead atoms. The van der Waals surface area contributed by atoms with Gasteiger partial charge >= 0.3 is 0 Å². The van der Waals surface area contributed by atoms with E-state index in [-0.39, 0.29) is 18.5 Å². The summed E-state index contributed by atoms with van der Waals surface area (Å²) in [6.07, 6.45) is 0.823. The molecule has 1 aromatic rings. The molecule has 3 nitrogen and oxygen atoms in total. The minimum Gasteiger partial charge on any atom is -0.395 e. The van der Waals surface area contributed by atoms with Crippen LogP contribution in [0.25, 0.3) is 0 Å². The highest BCUT2D eigenvalue weighted by Crippen LogP contribution is 2.14. The van der Waals surface area contributed by atoms with Crippen molar-refractivity contribution in [1.29, 1.82) is 5.26 Å². The highest BCUT2D eigenvalue weighted by molar-refractivity contribution is 5.37. The van der Waals surface area contributed by atoms with E-state index in [0.717, 1.165) is 0 Å². The largest absolute Gasteiger partial charge is 0.395 e. The second-order valence-electron chi connectivity index (χ2n) is 5.05. The molecule has 0 spiro atoms. The normalized spacial score (nSPS) is 10.3. The van der Waals surface area contributed by atoms with E-state index in [2.05, 4.69) is 22.8 Å². The van der Waals surface area contributed by atoms with Crippen molar-refractivity contribution in [2.24, 2.45) is 0 Å². The van der Waals surface area contributed by atoms with Gasteiger partial charge in [-0.3, -0.25) is 4.90 Å². The summed E-state index contributed by atoms with van der Waals surface area (Å²) in [4.78, 5) is 2.07. The molecule has 0 fully saturated rings. The van der Waals surface area contributed by atoms with Crippen molar-refractivity contribution in [3.8, 4) is 17.9 Å². The quantitative estimate of drug-likeness (QED) is 0.819. The summed E-state index contributed by atoms with van der Waals surface area (Å²) in [6.45, 7) is 5.19. The molecule has 0 saturated carbocycles. The van der Waals surface area contributed by atoms with Gasteiger partial charge in [-0.25, -0.2) is 4.39 Å². The molecule has 0 aliphatic heterocycles. The van der Waals surface area contributed by atoms with Crippen molar-refractivity contribution in [2.45, 2.75) is 39.3 Å². The molecular formula is C17H21FN2O. The van der Waals surface area contributed by atoms with Crippen molar-refractivity contribution in [2.75, 3.05) is 13.2 Å². The summed E-state index contributed by atoms with van der Waals surface area (Å²) in [5, 5.41) is 17.3. The molecule has 0 atom stereocenters. The van der Waals surface area contributed by atoms with E-state index in [4.69, 9.17) is 10.4 Å². The predicted molar refractivity (Wildman–Crippen MR) is 80.8 cm³/mol. The zero-order chi connectivity index (χ0) is 15.7. The monoisotopic (exact) mass is 288 g/mol. The van der Waals surface area contributed by atoms with Crippen molar-refractivity contribution in [3.63, 3.8) is 0 Å². The van der Waals surface area contributed by atoms with Gasteiger partial charge in [0.25, 0.3) is 0 Å². The van der Waals surface area contributed by atoms with Gasteiger partial charge in [0.1, 0.15) is 5.82 Å².